The summed E-state index contributed by atoms with van der Waals surface area (Å²) in [5, 5.41) is 0. The van der Waals surface area contributed by atoms with Crippen molar-refractivity contribution in [2.45, 2.75) is 52.6 Å². The van der Waals surface area contributed by atoms with Gasteiger partial charge in [0.15, 0.2) is 0 Å². The van der Waals surface area contributed by atoms with E-state index in [9.17, 15) is 0 Å². The third-order valence-corrected chi connectivity index (χ3v) is 2.47. The standard InChI is InChI=1S/C13H28O3/c1-4-6-7-8-14-9-10-15-11-12-16-13(3)5-2/h13H,4-12H2,1-3H3. The van der Waals surface area contributed by atoms with Crippen molar-refractivity contribution in [3.8, 4) is 0 Å². The molecule has 98 valence electrons. The zero-order valence-electron chi connectivity index (χ0n) is 11.2. The van der Waals surface area contributed by atoms with Crippen molar-refractivity contribution >= 4 is 0 Å². The molecule has 1 unspecified atom stereocenters. The van der Waals surface area contributed by atoms with E-state index < -0.39 is 0 Å². The van der Waals surface area contributed by atoms with Crippen LogP contribution in [0.3, 0.4) is 0 Å². The maximum Gasteiger partial charge on any atom is 0.0704 e. The Bertz CT molecular complexity index is 128. The van der Waals surface area contributed by atoms with Crippen LogP contribution in [0.1, 0.15) is 46.5 Å². The summed E-state index contributed by atoms with van der Waals surface area (Å²) in [6.07, 6.45) is 5.05. The van der Waals surface area contributed by atoms with Gasteiger partial charge in [0.2, 0.25) is 0 Å². The highest BCUT2D eigenvalue weighted by Gasteiger charge is 1.97. The van der Waals surface area contributed by atoms with Crippen LogP contribution in [-0.2, 0) is 14.2 Å². The van der Waals surface area contributed by atoms with Crippen LogP contribution in [0.25, 0.3) is 0 Å². The highest BCUT2D eigenvalue weighted by Crippen LogP contribution is 1.95. The van der Waals surface area contributed by atoms with Crippen LogP contribution in [0.5, 0.6) is 0 Å². The van der Waals surface area contributed by atoms with E-state index >= 15 is 0 Å². The Labute approximate surface area is 100 Å². The topological polar surface area (TPSA) is 27.7 Å². The summed E-state index contributed by atoms with van der Waals surface area (Å²) in [4.78, 5) is 0. The van der Waals surface area contributed by atoms with Crippen LogP contribution in [0, 0.1) is 0 Å². The summed E-state index contributed by atoms with van der Waals surface area (Å²) in [5.74, 6) is 0. The van der Waals surface area contributed by atoms with Crippen LogP contribution in [0.15, 0.2) is 0 Å². The number of ether oxygens (including phenoxy) is 3. The van der Waals surface area contributed by atoms with Gasteiger partial charge in [0.25, 0.3) is 0 Å². The average molecular weight is 232 g/mol. The molecule has 0 aliphatic carbocycles. The van der Waals surface area contributed by atoms with Gasteiger partial charge >= 0.3 is 0 Å². The molecule has 0 aliphatic rings. The molecule has 0 N–H and O–H groups in total. The van der Waals surface area contributed by atoms with Crippen molar-refractivity contribution in [3.05, 3.63) is 0 Å². The number of hydrogen-bond acceptors (Lipinski definition) is 3. The van der Waals surface area contributed by atoms with Gasteiger partial charge in [0, 0.05) is 6.61 Å². The van der Waals surface area contributed by atoms with Crippen LogP contribution in [0.2, 0.25) is 0 Å². The molecule has 0 saturated carbocycles. The Kier molecular flexibility index (Phi) is 12.9. The van der Waals surface area contributed by atoms with Gasteiger partial charge in [-0.3, -0.25) is 0 Å². The summed E-state index contributed by atoms with van der Waals surface area (Å²) in [7, 11) is 0. The molecule has 0 aromatic carbocycles. The first kappa shape index (κ1) is 15.9. The first-order chi connectivity index (χ1) is 7.81. The largest absolute Gasteiger partial charge is 0.379 e. The molecule has 0 spiro atoms. The van der Waals surface area contributed by atoms with E-state index in [0.717, 1.165) is 19.4 Å². The predicted octanol–water partition coefficient (Wildman–Crippen LogP) is 3.02. The fourth-order valence-corrected chi connectivity index (χ4v) is 1.20. The van der Waals surface area contributed by atoms with Gasteiger partial charge in [-0.1, -0.05) is 26.7 Å². The smallest absolute Gasteiger partial charge is 0.0704 e. The van der Waals surface area contributed by atoms with Gasteiger partial charge in [0.1, 0.15) is 0 Å². The lowest BCUT2D eigenvalue weighted by atomic mass is 10.3. The third kappa shape index (κ3) is 12.0. The SMILES string of the molecule is CCCCCOCCOCCOC(C)CC. The molecule has 0 heterocycles. The van der Waals surface area contributed by atoms with Gasteiger partial charge in [-0.05, 0) is 19.8 Å². The highest BCUT2D eigenvalue weighted by atomic mass is 16.5. The predicted molar refractivity (Wildman–Crippen MR) is 66.9 cm³/mol. The molecule has 0 saturated heterocycles. The van der Waals surface area contributed by atoms with E-state index in [2.05, 4.69) is 20.8 Å². The minimum absolute atomic E-state index is 0.342. The Balaban J connectivity index is 2.93. The Morgan fingerprint density at radius 3 is 2.06 bits per heavy atom. The summed E-state index contributed by atoms with van der Waals surface area (Å²) < 4.78 is 16.3. The normalized spacial score (nSPS) is 12.9. The second-order valence-corrected chi connectivity index (χ2v) is 4.02. The van der Waals surface area contributed by atoms with Crippen molar-refractivity contribution in [3.63, 3.8) is 0 Å². The summed E-state index contributed by atoms with van der Waals surface area (Å²) in [6, 6.07) is 0. The molecule has 0 aliphatic heterocycles. The zero-order chi connectivity index (χ0) is 12.1. The quantitative estimate of drug-likeness (QED) is 0.484. The van der Waals surface area contributed by atoms with Crippen molar-refractivity contribution in [1.82, 2.24) is 0 Å². The molecule has 1 atom stereocenters. The second-order valence-electron chi connectivity index (χ2n) is 4.02. The van der Waals surface area contributed by atoms with Crippen molar-refractivity contribution < 1.29 is 14.2 Å². The summed E-state index contributed by atoms with van der Waals surface area (Å²) in [5.41, 5.74) is 0. The van der Waals surface area contributed by atoms with E-state index in [0.29, 0.717) is 32.5 Å². The van der Waals surface area contributed by atoms with E-state index in [-0.39, 0.29) is 0 Å². The van der Waals surface area contributed by atoms with E-state index in [1.165, 1.54) is 12.8 Å². The van der Waals surface area contributed by atoms with E-state index in [1.54, 1.807) is 0 Å². The molecule has 0 aromatic rings. The molecule has 0 rings (SSSR count). The van der Waals surface area contributed by atoms with Crippen LogP contribution in [0.4, 0.5) is 0 Å². The zero-order valence-corrected chi connectivity index (χ0v) is 11.2. The third-order valence-electron chi connectivity index (χ3n) is 2.47. The molecule has 0 amide bonds. The second kappa shape index (κ2) is 12.9. The lowest BCUT2D eigenvalue weighted by Gasteiger charge is -2.10. The van der Waals surface area contributed by atoms with Crippen LogP contribution in [-0.4, -0.2) is 39.1 Å². The van der Waals surface area contributed by atoms with Gasteiger partial charge in [-0.15, -0.1) is 0 Å². The van der Waals surface area contributed by atoms with E-state index in [4.69, 9.17) is 14.2 Å². The molecule has 0 bridgehead atoms. The average Bonchev–Trinajstić information content (AvgIpc) is 2.31. The molecule has 3 heteroatoms. The number of rotatable bonds is 12. The van der Waals surface area contributed by atoms with E-state index in [1.807, 2.05) is 0 Å². The summed E-state index contributed by atoms with van der Waals surface area (Å²) in [6.45, 7) is 9.99. The van der Waals surface area contributed by atoms with Gasteiger partial charge in [0.05, 0.1) is 32.5 Å². The van der Waals surface area contributed by atoms with Gasteiger partial charge in [-0.2, -0.15) is 0 Å². The Morgan fingerprint density at radius 2 is 1.44 bits per heavy atom. The Morgan fingerprint density at radius 1 is 0.812 bits per heavy atom. The first-order valence-electron chi connectivity index (χ1n) is 6.58. The molecule has 0 radical (unpaired) electrons. The fourth-order valence-electron chi connectivity index (χ4n) is 1.20. The summed E-state index contributed by atoms with van der Waals surface area (Å²) >= 11 is 0. The minimum Gasteiger partial charge on any atom is -0.379 e. The maximum atomic E-state index is 5.48. The highest BCUT2D eigenvalue weighted by molar-refractivity contribution is 4.43. The maximum absolute atomic E-state index is 5.48. The van der Waals surface area contributed by atoms with Crippen molar-refractivity contribution in [2.24, 2.45) is 0 Å². The van der Waals surface area contributed by atoms with Crippen LogP contribution < -0.4 is 0 Å². The number of hydrogen-bond donors (Lipinski definition) is 0. The lowest BCUT2D eigenvalue weighted by Crippen LogP contribution is -2.13. The Hall–Kier alpha value is -0.120. The minimum atomic E-state index is 0.342. The van der Waals surface area contributed by atoms with Crippen molar-refractivity contribution in [2.75, 3.05) is 33.0 Å². The molecular formula is C13H28O3. The first-order valence-corrected chi connectivity index (χ1v) is 6.58. The van der Waals surface area contributed by atoms with Gasteiger partial charge in [-0.25, -0.2) is 0 Å². The molecule has 3 nitrogen and oxygen atoms in total. The lowest BCUT2D eigenvalue weighted by molar-refractivity contribution is -0.00719. The number of unbranched alkanes of at least 4 members (excludes halogenated alkanes) is 2. The monoisotopic (exact) mass is 232 g/mol. The van der Waals surface area contributed by atoms with Gasteiger partial charge < -0.3 is 14.2 Å². The fraction of sp³-hybridized carbons (Fsp3) is 1.00. The molecular weight excluding hydrogens is 204 g/mol. The van der Waals surface area contributed by atoms with Crippen molar-refractivity contribution in [1.29, 1.82) is 0 Å². The molecule has 0 aromatic heterocycles. The molecule has 16 heavy (non-hydrogen) atoms. The molecule has 0 fully saturated rings. The van der Waals surface area contributed by atoms with Crippen LogP contribution >= 0.6 is 0 Å².